The normalized spacial score (nSPS) is 18.7. The van der Waals surface area contributed by atoms with Crippen molar-refractivity contribution in [2.45, 2.75) is 37.9 Å². The summed E-state index contributed by atoms with van der Waals surface area (Å²) in [6.45, 7) is 5.33. The Labute approximate surface area is 348 Å². The number of rotatable bonds is 18. The summed E-state index contributed by atoms with van der Waals surface area (Å²) >= 11 is 0. The van der Waals surface area contributed by atoms with Gasteiger partial charge in [0.2, 0.25) is 11.8 Å². The zero-order valence-electron chi connectivity index (χ0n) is 33.4. The van der Waals surface area contributed by atoms with Crippen LogP contribution in [-0.4, -0.2) is 122 Å². The maximum atomic E-state index is 13.3. The number of piperidine rings is 2. The first-order valence-electron chi connectivity index (χ1n) is 20.1. The Morgan fingerprint density at radius 1 is 0.885 bits per heavy atom. The van der Waals surface area contributed by atoms with Crippen LogP contribution in [-0.2, 0) is 30.0 Å². The maximum Gasteiger partial charge on any atom is 0.433 e. The van der Waals surface area contributed by atoms with Gasteiger partial charge in [-0.3, -0.25) is 34.0 Å². The monoisotopic (exact) mass is 849 g/mol. The van der Waals surface area contributed by atoms with Crippen molar-refractivity contribution >= 4 is 51.6 Å². The largest absolute Gasteiger partial charge is 0.494 e. The van der Waals surface area contributed by atoms with Crippen molar-refractivity contribution < 1.29 is 56.1 Å². The number of aromatic nitrogens is 3. The van der Waals surface area contributed by atoms with Crippen LogP contribution in [0.2, 0.25) is 0 Å². The Kier molecular flexibility index (Phi) is 13.7. The first kappa shape index (κ1) is 43.3. The Hall–Kier alpha value is -5.76. The lowest BCUT2D eigenvalue weighted by Gasteiger charge is -2.31. The summed E-state index contributed by atoms with van der Waals surface area (Å²) in [5.74, 6) is -4.26. The Balaban J connectivity index is 0.755. The molecule has 1 aliphatic carbocycles. The van der Waals surface area contributed by atoms with Gasteiger partial charge in [-0.15, -0.1) is 0 Å². The molecular formula is C42H46F3N7O9. The topological polar surface area (TPSA) is 192 Å². The molecule has 3 N–H and O–H groups in total. The molecule has 2 atom stereocenters. The number of likely N-dealkylation sites (tertiary alicyclic amines) is 1. The Morgan fingerprint density at radius 3 is 2.33 bits per heavy atom. The predicted molar refractivity (Wildman–Crippen MR) is 214 cm³/mol. The van der Waals surface area contributed by atoms with Crippen LogP contribution in [0, 0.1) is 11.8 Å². The second kappa shape index (κ2) is 19.3. The van der Waals surface area contributed by atoms with Crippen LogP contribution in [0.4, 0.5) is 24.5 Å². The highest BCUT2D eigenvalue weighted by Gasteiger charge is 2.48. The van der Waals surface area contributed by atoms with Crippen molar-refractivity contribution in [3.63, 3.8) is 0 Å². The van der Waals surface area contributed by atoms with E-state index in [4.69, 9.17) is 24.0 Å². The molecule has 19 heteroatoms. The molecule has 61 heavy (non-hydrogen) atoms. The molecule has 2 aromatic heterocycles. The van der Waals surface area contributed by atoms with Gasteiger partial charge in [-0.05, 0) is 43.5 Å². The van der Waals surface area contributed by atoms with Crippen LogP contribution in [0.5, 0.6) is 5.75 Å². The molecule has 2 unspecified atom stereocenters. The van der Waals surface area contributed by atoms with E-state index < -0.39 is 53.0 Å². The number of hydrogen-bond acceptors (Lipinski definition) is 13. The van der Waals surface area contributed by atoms with Gasteiger partial charge in [0.15, 0.2) is 11.6 Å². The minimum absolute atomic E-state index is 0.0918. The summed E-state index contributed by atoms with van der Waals surface area (Å²) in [6.07, 6.45) is -0.800. The van der Waals surface area contributed by atoms with Crippen molar-refractivity contribution in [3.8, 4) is 5.75 Å². The third-order valence-corrected chi connectivity index (χ3v) is 11.0. The highest BCUT2D eigenvalue weighted by molar-refractivity contribution is 6.30. The molecule has 4 heterocycles. The summed E-state index contributed by atoms with van der Waals surface area (Å²) in [6, 6.07) is 11.6. The molecule has 0 spiro atoms. The summed E-state index contributed by atoms with van der Waals surface area (Å²) in [5.41, 5.74) is 0.462. The molecule has 3 amide bonds. The van der Waals surface area contributed by atoms with Gasteiger partial charge in [-0.25, -0.2) is 4.98 Å². The number of amides is 3. The maximum absolute atomic E-state index is 13.3. The number of imide groups is 1. The number of ether oxygens (including phenoxy) is 4. The van der Waals surface area contributed by atoms with Gasteiger partial charge < -0.3 is 34.5 Å². The van der Waals surface area contributed by atoms with Gasteiger partial charge in [0.1, 0.15) is 17.1 Å². The molecule has 3 aliphatic rings. The van der Waals surface area contributed by atoms with Crippen LogP contribution in [0.3, 0.4) is 0 Å². The number of benzene rings is 2. The number of hydrogen-bond donors (Lipinski definition) is 3. The quantitative estimate of drug-likeness (QED) is 0.0718. The van der Waals surface area contributed by atoms with Crippen molar-refractivity contribution in [3.05, 3.63) is 77.2 Å². The molecule has 2 aliphatic heterocycles. The third kappa shape index (κ3) is 10.2. The number of alkyl halides is 3. The second-order valence-corrected chi connectivity index (χ2v) is 14.9. The van der Waals surface area contributed by atoms with E-state index in [0.29, 0.717) is 63.1 Å². The van der Waals surface area contributed by atoms with Gasteiger partial charge in [0.25, 0.3) is 5.91 Å². The number of nitrogens with zero attached hydrogens (tertiary/aromatic N) is 4. The number of methoxy groups -OCH3 is 1. The average Bonchev–Trinajstić information content (AvgIpc) is 3.78. The molecule has 4 aromatic rings. The Bertz CT molecular complexity index is 2280. The minimum atomic E-state index is -4.68. The van der Waals surface area contributed by atoms with Crippen LogP contribution < -0.4 is 20.7 Å². The summed E-state index contributed by atoms with van der Waals surface area (Å²) in [4.78, 5) is 69.0. The number of nitrogens with one attached hydrogen (secondary N) is 3. The lowest BCUT2D eigenvalue weighted by atomic mass is 9.82. The van der Waals surface area contributed by atoms with Crippen molar-refractivity contribution in [1.82, 2.24) is 25.0 Å². The Morgan fingerprint density at radius 2 is 1.61 bits per heavy atom. The fourth-order valence-corrected chi connectivity index (χ4v) is 7.84. The standard InChI is InChI=1S/C42H46F3N7O9/c1-58-33-23-31-25(22-32(33)48-41(57)30-6-3-7-34(47-30)42(43,44)45)24-52(50-31)26-10-13-51(14-11-26)15-17-60-19-21-61-20-18-59-16-12-46-29-5-2-4-27-36(29)39(55)37(38(27)54)28-8-9-35(53)49-40(28)56/h2-7,22-24,26,28,37,46H,8-21H2,1H3,(H,48,57)(H,49,53,56). The molecule has 2 aromatic carbocycles. The number of pyridine rings is 1. The summed E-state index contributed by atoms with van der Waals surface area (Å²) in [7, 11) is 1.43. The molecule has 324 valence electrons. The number of ketones is 2. The van der Waals surface area contributed by atoms with Crippen LogP contribution >= 0.6 is 0 Å². The predicted octanol–water partition coefficient (Wildman–Crippen LogP) is 4.56. The number of carbonyl (C=O) groups is 5. The molecule has 7 rings (SSSR count). The minimum Gasteiger partial charge on any atom is -0.494 e. The molecule has 16 nitrogen and oxygen atoms in total. The van der Waals surface area contributed by atoms with Gasteiger partial charge in [-0.2, -0.15) is 18.3 Å². The van der Waals surface area contributed by atoms with Crippen LogP contribution in [0.15, 0.2) is 54.7 Å². The number of Topliss-reactive ketones (excluding diaryl/α,β-unsaturated/α-hetero) is 2. The fraction of sp³-hybridized carbons (Fsp3) is 0.452. The van der Waals surface area contributed by atoms with E-state index in [-0.39, 0.29) is 41.4 Å². The third-order valence-electron chi connectivity index (χ3n) is 11.0. The number of fused-ring (bicyclic) bond motifs is 2. The summed E-state index contributed by atoms with van der Waals surface area (Å²) in [5, 5.41) is 13.5. The van der Waals surface area contributed by atoms with Crippen LogP contribution in [0.25, 0.3) is 10.9 Å². The fourth-order valence-electron chi connectivity index (χ4n) is 7.84. The molecule has 0 saturated carbocycles. The van der Waals surface area contributed by atoms with E-state index >= 15 is 0 Å². The van der Waals surface area contributed by atoms with Gasteiger partial charge in [0, 0.05) is 61.5 Å². The first-order valence-corrected chi connectivity index (χ1v) is 20.1. The highest BCUT2D eigenvalue weighted by atomic mass is 19.4. The van der Waals surface area contributed by atoms with E-state index in [1.165, 1.54) is 13.2 Å². The van der Waals surface area contributed by atoms with Gasteiger partial charge >= 0.3 is 6.18 Å². The molecule has 2 saturated heterocycles. The van der Waals surface area contributed by atoms with E-state index in [1.54, 1.807) is 30.3 Å². The number of anilines is 2. The molecule has 0 bridgehead atoms. The zero-order valence-corrected chi connectivity index (χ0v) is 33.4. The summed E-state index contributed by atoms with van der Waals surface area (Å²) < 4.78 is 63.8. The average molecular weight is 850 g/mol. The van der Waals surface area contributed by atoms with Crippen LogP contribution in [0.1, 0.15) is 68.6 Å². The van der Waals surface area contributed by atoms with Crippen molar-refractivity contribution in [2.75, 3.05) is 83.6 Å². The lowest BCUT2D eigenvalue weighted by molar-refractivity contribution is -0.141. The highest BCUT2D eigenvalue weighted by Crippen LogP contribution is 2.38. The molecule has 2 fully saturated rings. The van der Waals surface area contributed by atoms with Gasteiger partial charge in [0.05, 0.1) is 81.4 Å². The van der Waals surface area contributed by atoms with Crippen molar-refractivity contribution in [1.29, 1.82) is 0 Å². The SMILES string of the molecule is COc1cc2nn(C3CCN(CCOCCOCCOCCNc4cccc5c4C(=O)C(C4CCC(=O)NC4=O)C5=O)CC3)cc2cc1NC(=O)c1cccc(C(F)(F)F)n1. The first-order chi connectivity index (χ1) is 29.4. The smallest absolute Gasteiger partial charge is 0.433 e. The van der Waals surface area contributed by atoms with Crippen molar-refractivity contribution in [2.24, 2.45) is 11.8 Å². The lowest BCUT2D eigenvalue weighted by Crippen LogP contribution is -2.46. The van der Waals surface area contributed by atoms with E-state index in [1.807, 2.05) is 10.9 Å². The molecule has 0 radical (unpaired) electrons. The zero-order chi connectivity index (χ0) is 43.1. The number of carbonyl (C=O) groups excluding carboxylic acids is 5. The van der Waals surface area contributed by atoms with E-state index in [0.717, 1.165) is 50.0 Å². The molecular weight excluding hydrogens is 803 g/mol. The van der Waals surface area contributed by atoms with E-state index in [2.05, 4.69) is 25.8 Å². The van der Waals surface area contributed by atoms with Gasteiger partial charge in [-0.1, -0.05) is 18.2 Å². The number of halogens is 3. The van der Waals surface area contributed by atoms with E-state index in [9.17, 15) is 37.1 Å². The second-order valence-electron chi connectivity index (χ2n) is 14.9.